The summed E-state index contributed by atoms with van der Waals surface area (Å²) in [5.74, 6) is -1.18. The third-order valence-corrected chi connectivity index (χ3v) is 8.93. The average molecular weight is 476 g/mol. The van der Waals surface area contributed by atoms with E-state index < -0.39 is 20.7 Å². The Morgan fingerprint density at radius 1 is 1.12 bits per heavy atom. The molecular formula is C22H22FN3O4S2. The molecule has 0 radical (unpaired) electrons. The van der Waals surface area contributed by atoms with E-state index in [0.29, 0.717) is 6.54 Å². The molecule has 0 spiro atoms. The number of aromatic nitrogens is 1. The van der Waals surface area contributed by atoms with Crippen molar-refractivity contribution in [1.82, 2.24) is 14.2 Å². The number of hydrogen-bond donors (Lipinski definition) is 0. The molecule has 7 nitrogen and oxygen atoms in total. The van der Waals surface area contributed by atoms with Crippen molar-refractivity contribution in [3.05, 3.63) is 58.9 Å². The number of thiazole rings is 1. The smallest absolute Gasteiger partial charge is 0.254 e. The first-order valence-corrected chi connectivity index (χ1v) is 12.7. The molecule has 0 bridgehead atoms. The Hall–Kier alpha value is -2.40. The zero-order valence-electron chi connectivity index (χ0n) is 17.2. The molecule has 2 fully saturated rings. The van der Waals surface area contributed by atoms with Gasteiger partial charge < -0.3 is 9.64 Å². The molecule has 0 N–H and O–H groups in total. The second-order valence-electron chi connectivity index (χ2n) is 7.84. The number of benzene rings is 2. The highest BCUT2D eigenvalue weighted by molar-refractivity contribution is 7.89. The lowest BCUT2D eigenvalue weighted by molar-refractivity contribution is 0.0726. The Bertz CT molecular complexity index is 1240. The summed E-state index contributed by atoms with van der Waals surface area (Å²) in [5.41, 5.74) is 1.05. The summed E-state index contributed by atoms with van der Waals surface area (Å²) in [5, 5.41) is 0.861. The molecule has 2 aliphatic rings. The predicted molar refractivity (Wildman–Crippen MR) is 119 cm³/mol. The molecule has 10 heteroatoms. The Balaban J connectivity index is 1.45. The van der Waals surface area contributed by atoms with Gasteiger partial charge in [-0.2, -0.15) is 4.31 Å². The molecule has 0 saturated carbocycles. The van der Waals surface area contributed by atoms with E-state index in [9.17, 15) is 17.6 Å². The normalized spacial score (nSPS) is 20.2. The zero-order chi connectivity index (χ0) is 22.3. The van der Waals surface area contributed by atoms with E-state index >= 15 is 0 Å². The Kier molecular flexibility index (Phi) is 5.70. The molecular weight excluding hydrogens is 453 g/mol. The number of amides is 1. The van der Waals surface area contributed by atoms with Crippen molar-refractivity contribution < 1.29 is 22.3 Å². The van der Waals surface area contributed by atoms with Crippen molar-refractivity contribution >= 4 is 37.5 Å². The number of carbonyl (C=O) groups is 1. The van der Waals surface area contributed by atoms with Crippen molar-refractivity contribution in [3.8, 4) is 0 Å². The van der Waals surface area contributed by atoms with Gasteiger partial charge in [0, 0.05) is 25.2 Å². The summed E-state index contributed by atoms with van der Waals surface area (Å²) in [7, 11) is -4.06. The number of morpholine rings is 1. The Labute approximate surface area is 189 Å². The van der Waals surface area contributed by atoms with Crippen LogP contribution in [0.4, 0.5) is 4.39 Å². The van der Waals surface area contributed by atoms with Gasteiger partial charge in [0.15, 0.2) is 0 Å². The zero-order valence-corrected chi connectivity index (χ0v) is 18.9. The topological polar surface area (TPSA) is 79.8 Å². The SMILES string of the molecule is O=C(c1ccc(F)c(S(=O)(=O)N2CCOCC2)c1)N1CCC[C@@H]1c1nc2ccccc2s1. The number of nitrogens with zero attached hydrogens (tertiary/aromatic N) is 3. The Morgan fingerprint density at radius 2 is 1.91 bits per heavy atom. The van der Waals surface area contributed by atoms with Gasteiger partial charge in [0.1, 0.15) is 15.7 Å². The Morgan fingerprint density at radius 3 is 2.69 bits per heavy atom. The van der Waals surface area contributed by atoms with Gasteiger partial charge in [-0.15, -0.1) is 11.3 Å². The van der Waals surface area contributed by atoms with E-state index in [1.807, 2.05) is 24.3 Å². The van der Waals surface area contributed by atoms with Crippen LogP contribution in [-0.2, 0) is 14.8 Å². The summed E-state index contributed by atoms with van der Waals surface area (Å²) in [6.07, 6.45) is 1.61. The first-order chi connectivity index (χ1) is 15.4. The maximum Gasteiger partial charge on any atom is 0.254 e. The van der Waals surface area contributed by atoms with Gasteiger partial charge in [-0.3, -0.25) is 4.79 Å². The van der Waals surface area contributed by atoms with Crippen LogP contribution in [0.2, 0.25) is 0 Å². The van der Waals surface area contributed by atoms with Crippen LogP contribution in [0.25, 0.3) is 10.2 Å². The van der Waals surface area contributed by atoms with Crippen molar-refractivity contribution in [2.45, 2.75) is 23.8 Å². The standard InChI is InChI=1S/C22H22FN3O4S2/c23-16-8-7-15(14-20(16)32(28,29)25-10-12-30-13-11-25)22(27)26-9-3-5-18(26)21-24-17-4-1-2-6-19(17)31-21/h1-2,4,6-8,14,18H,3,5,9-13H2/t18-/m1/s1. The van der Waals surface area contributed by atoms with Gasteiger partial charge in [-0.1, -0.05) is 12.1 Å². The number of hydrogen-bond acceptors (Lipinski definition) is 6. The number of rotatable bonds is 4. The molecule has 1 atom stereocenters. The largest absolute Gasteiger partial charge is 0.379 e. The fourth-order valence-corrected chi connectivity index (χ4v) is 6.84. The van der Waals surface area contributed by atoms with Crippen LogP contribution in [0.15, 0.2) is 47.4 Å². The molecule has 2 aromatic carbocycles. The third-order valence-electron chi connectivity index (χ3n) is 5.88. The van der Waals surface area contributed by atoms with E-state index in [2.05, 4.69) is 0 Å². The molecule has 3 aromatic rings. The molecule has 0 aliphatic carbocycles. The van der Waals surface area contributed by atoms with Crippen LogP contribution >= 0.6 is 11.3 Å². The first kappa shape index (κ1) is 21.4. The summed E-state index contributed by atoms with van der Waals surface area (Å²) in [6, 6.07) is 11.2. The van der Waals surface area contributed by atoms with Crippen molar-refractivity contribution in [2.75, 3.05) is 32.8 Å². The number of likely N-dealkylation sites (tertiary alicyclic amines) is 1. The van der Waals surface area contributed by atoms with Gasteiger partial charge in [-0.25, -0.2) is 17.8 Å². The van der Waals surface area contributed by atoms with E-state index in [0.717, 1.165) is 40.2 Å². The monoisotopic (exact) mass is 475 g/mol. The molecule has 2 saturated heterocycles. The van der Waals surface area contributed by atoms with Crippen molar-refractivity contribution in [2.24, 2.45) is 0 Å². The molecule has 3 heterocycles. The maximum atomic E-state index is 14.6. The number of carbonyl (C=O) groups excluding carboxylic acids is 1. The highest BCUT2D eigenvalue weighted by Crippen LogP contribution is 2.37. The highest BCUT2D eigenvalue weighted by Gasteiger charge is 2.35. The number of fused-ring (bicyclic) bond motifs is 1. The molecule has 1 amide bonds. The maximum absolute atomic E-state index is 14.6. The van der Waals surface area contributed by atoms with Crippen LogP contribution < -0.4 is 0 Å². The third kappa shape index (κ3) is 3.81. The molecule has 2 aliphatic heterocycles. The van der Waals surface area contributed by atoms with E-state index in [-0.39, 0.29) is 43.8 Å². The summed E-state index contributed by atoms with van der Waals surface area (Å²) >= 11 is 1.56. The quantitative estimate of drug-likeness (QED) is 0.578. The van der Waals surface area contributed by atoms with Crippen LogP contribution in [0, 0.1) is 5.82 Å². The number of para-hydroxylation sites is 1. The van der Waals surface area contributed by atoms with Gasteiger partial charge in [0.05, 0.1) is 29.5 Å². The van der Waals surface area contributed by atoms with Gasteiger partial charge in [-0.05, 0) is 43.2 Å². The van der Waals surface area contributed by atoms with Crippen LogP contribution in [-0.4, -0.2) is 61.4 Å². The number of ether oxygens (including phenoxy) is 1. The van der Waals surface area contributed by atoms with E-state index in [1.54, 1.807) is 16.2 Å². The van der Waals surface area contributed by atoms with Crippen molar-refractivity contribution in [1.29, 1.82) is 0 Å². The molecule has 32 heavy (non-hydrogen) atoms. The molecule has 168 valence electrons. The number of sulfonamides is 1. The second kappa shape index (κ2) is 8.51. The van der Waals surface area contributed by atoms with Gasteiger partial charge in [0.25, 0.3) is 5.91 Å². The van der Waals surface area contributed by atoms with Gasteiger partial charge in [0.2, 0.25) is 10.0 Å². The lowest BCUT2D eigenvalue weighted by Crippen LogP contribution is -2.41. The van der Waals surface area contributed by atoms with Crippen molar-refractivity contribution in [3.63, 3.8) is 0 Å². The molecule has 0 unspecified atom stereocenters. The first-order valence-electron chi connectivity index (χ1n) is 10.5. The molecule has 5 rings (SSSR count). The minimum absolute atomic E-state index is 0.158. The summed E-state index contributed by atoms with van der Waals surface area (Å²) in [4.78, 5) is 19.3. The minimum atomic E-state index is -4.06. The molecule has 1 aromatic heterocycles. The van der Waals surface area contributed by atoms with Crippen LogP contribution in [0.1, 0.15) is 34.2 Å². The van der Waals surface area contributed by atoms with Gasteiger partial charge >= 0.3 is 0 Å². The minimum Gasteiger partial charge on any atom is -0.379 e. The second-order valence-corrected chi connectivity index (χ2v) is 10.8. The fraction of sp³-hybridized carbons (Fsp3) is 0.364. The summed E-state index contributed by atoms with van der Waals surface area (Å²) in [6.45, 7) is 1.38. The lowest BCUT2D eigenvalue weighted by Gasteiger charge is -2.27. The van der Waals surface area contributed by atoms with Crippen LogP contribution in [0.5, 0.6) is 0 Å². The average Bonchev–Trinajstić information content (AvgIpc) is 3.46. The lowest BCUT2D eigenvalue weighted by atomic mass is 10.1. The van der Waals surface area contributed by atoms with E-state index in [1.165, 1.54) is 10.4 Å². The number of halogens is 1. The summed E-state index contributed by atoms with van der Waals surface area (Å²) < 4.78 is 48.0. The predicted octanol–water partition coefficient (Wildman–Crippen LogP) is 3.43. The van der Waals surface area contributed by atoms with Crippen LogP contribution in [0.3, 0.4) is 0 Å². The van der Waals surface area contributed by atoms with E-state index in [4.69, 9.17) is 9.72 Å². The highest BCUT2D eigenvalue weighted by atomic mass is 32.2. The fourth-order valence-electron chi connectivity index (χ4n) is 4.23.